The van der Waals surface area contributed by atoms with Crippen molar-refractivity contribution in [3.8, 4) is 21.3 Å². The van der Waals surface area contributed by atoms with E-state index >= 15 is 0 Å². The third-order valence-corrected chi connectivity index (χ3v) is 5.18. The molecule has 9 heteroatoms. The van der Waals surface area contributed by atoms with E-state index < -0.39 is 0 Å². The van der Waals surface area contributed by atoms with Crippen LogP contribution in [0.4, 0.5) is 0 Å². The minimum absolute atomic E-state index is 0.772. The topological polar surface area (TPSA) is 68.9 Å². The van der Waals surface area contributed by atoms with E-state index in [-0.39, 0.29) is 0 Å². The minimum atomic E-state index is 0.772. The van der Waals surface area contributed by atoms with Gasteiger partial charge in [-0.25, -0.2) is 0 Å². The van der Waals surface area contributed by atoms with Crippen molar-refractivity contribution in [1.82, 2.24) is 29.4 Å². The molecule has 0 aromatic carbocycles. The normalized spacial score (nSPS) is 11.4. The van der Waals surface area contributed by atoms with Crippen LogP contribution in [0.5, 0.6) is 0 Å². The molecular formula is C10H6N6S3. The van der Waals surface area contributed by atoms with Crippen LogP contribution in [0.3, 0.4) is 0 Å². The third-order valence-electron chi connectivity index (χ3n) is 2.62. The van der Waals surface area contributed by atoms with Gasteiger partial charge in [-0.3, -0.25) is 0 Å². The van der Waals surface area contributed by atoms with E-state index in [1.54, 1.807) is 15.9 Å². The second kappa shape index (κ2) is 4.15. The number of aromatic nitrogens is 6. The standard InChI is InChI=1S/C10H6N6S3/c1-5-7(19-15-11-5)9-14-16-8(6-2-3-17-4-6)12-13-10(16)18-9/h2-4H,1H3. The molecule has 0 fully saturated rings. The van der Waals surface area contributed by atoms with Gasteiger partial charge < -0.3 is 0 Å². The Bertz CT molecular complexity index is 840. The molecule has 0 saturated heterocycles. The highest BCUT2D eigenvalue weighted by Gasteiger charge is 2.17. The van der Waals surface area contributed by atoms with Crippen LogP contribution < -0.4 is 0 Å². The van der Waals surface area contributed by atoms with Crippen LogP contribution >= 0.6 is 34.2 Å². The molecule has 4 aromatic rings. The van der Waals surface area contributed by atoms with Gasteiger partial charge in [0.05, 0.1) is 5.69 Å². The van der Waals surface area contributed by atoms with Crippen LogP contribution in [-0.2, 0) is 0 Å². The highest BCUT2D eigenvalue weighted by Crippen LogP contribution is 2.31. The maximum Gasteiger partial charge on any atom is 0.235 e. The molecule has 94 valence electrons. The highest BCUT2D eigenvalue weighted by molar-refractivity contribution is 7.23. The van der Waals surface area contributed by atoms with E-state index in [4.69, 9.17) is 0 Å². The van der Waals surface area contributed by atoms with Crippen molar-refractivity contribution in [2.75, 3.05) is 0 Å². The lowest BCUT2D eigenvalue weighted by Gasteiger charge is -1.91. The predicted octanol–water partition coefficient (Wildman–Crippen LogP) is 2.74. The Morgan fingerprint density at radius 3 is 2.89 bits per heavy atom. The van der Waals surface area contributed by atoms with E-state index in [0.29, 0.717) is 0 Å². The Balaban J connectivity index is 1.92. The van der Waals surface area contributed by atoms with Gasteiger partial charge in [-0.1, -0.05) is 15.8 Å². The summed E-state index contributed by atoms with van der Waals surface area (Å²) in [4.78, 5) is 1.77. The summed E-state index contributed by atoms with van der Waals surface area (Å²) in [6, 6.07) is 2.01. The fourth-order valence-corrected chi connectivity index (χ4v) is 3.95. The largest absolute Gasteiger partial charge is 0.235 e. The van der Waals surface area contributed by atoms with Gasteiger partial charge in [0.15, 0.2) is 10.8 Å². The Labute approximate surface area is 119 Å². The fourth-order valence-electron chi connectivity index (χ4n) is 1.71. The Kier molecular flexibility index (Phi) is 2.43. The molecule has 0 saturated carbocycles. The van der Waals surface area contributed by atoms with Crippen molar-refractivity contribution < 1.29 is 0 Å². The van der Waals surface area contributed by atoms with Crippen LogP contribution in [0.2, 0.25) is 0 Å². The second-order valence-corrected chi connectivity index (χ2v) is 6.31. The van der Waals surface area contributed by atoms with Gasteiger partial charge in [0.2, 0.25) is 4.96 Å². The van der Waals surface area contributed by atoms with Crippen LogP contribution in [0.15, 0.2) is 16.8 Å². The van der Waals surface area contributed by atoms with Crippen molar-refractivity contribution in [1.29, 1.82) is 0 Å². The molecular weight excluding hydrogens is 300 g/mol. The summed E-state index contributed by atoms with van der Waals surface area (Å²) >= 11 is 4.48. The predicted molar refractivity (Wildman–Crippen MR) is 75.6 cm³/mol. The molecule has 0 aliphatic heterocycles. The van der Waals surface area contributed by atoms with Crippen molar-refractivity contribution in [2.24, 2.45) is 0 Å². The van der Waals surface area contributed by atoms with Gasteiger partial charge in [0, 0.05) is 10.9 Å². The number of nitrogens with zero attached hydrogens (tertiary/aromatic N) is 6. The van der Waals surface area contributed by atoms with Gasteiger partial charge in [0.25, 0.3) is 0 Å². The van der Waals surface area contributed by atoms with Crippen molar-refractivity contribution in [3.05, 3.63) is 22.5 Å². The summed E-state index contributed by atoms with van der Waals surface area (Å²) in [7, 11) is 0. The van der Waals surface area contributed by atoms with Crippen LogP contribution in [-0.4, -0.2) is 29.4 Å². The minimum Gasteiger partial charge on any atom is -0.182 e. The van der Waals surface area contributed by atoms with E-state index in [9.17, 15) is 0 Å². The summed E-state index contributed by atoms with van der Waals surface area (Å²) in [5, 5.41) is 21.9. The van der Waals surface area contributed by atoms with E-state index in [2.05, 4.69) is 24.9 Å². The number of aryl methyl sites for hydroxylation is 1. The number of hydrogen-bond acceptors (Lipinski definition) is 8. The van der Waals surface area contributed by atoms with E-state index in [1.807, 2.05) is 23.8 Å². The molecule has 19 heavy (non-hydrogen) atoms. The zero-order valence-corrected chi connectivity index (χ0v) is 12.1. The summed E-state index contributed by atoms with van der Waals surface area (Å²) in [5.74, 6) is 0.772. The first-order chi connectivity index (χ1) is 9.33. The fraction of sp³-hybridized carbons (Fsp3) is 0.100. The highest BCUT2D eigenvalue weighted by atomic mass is 32.1. The van der Waals surface area contributed by atoms with E-state index in [0.717, 1.165) is 31.9 Å². The lowest BCUT2D eigenvalue weighted by molar-refractivity contribution is 0.971. The molecule has 4 aromatic heterocycles. The number of thiophene rings is 1. The molecule has 0 bridgehead atoms. The molecule has 4 heterocycles. The smallest absolute Gasteiger partial charge is 0.182 e. The second-order valence-electron chi connectivity index (χ2n) is 3.82. The zero-order chi connectivity index (χ0) is 12.8. The maximum atomic E-state index is 4.58. The first kappa shape index (κ1) is 11.1. The van der Waals surface area contributed by atoms with E-state index in [1.165, 1.54) is 22.9 Å². The molecule has 0 N–H and O–H groups in total. The number of rotatable bonds is 2. The molecule has 0 aliphatic rings. The van der Waals surface area contributed by atoms with Gasteiger partial charge in [-0.2, -0.15) is 21.0 Å². The van der Waals surface area contributed by atoms with Crippen LogP contribution in [0.1, 0.15) is 5.69 Å². The van der Waals surface area contributed by atoms with Crippen molar-refractivity contribution in [3.63, 3.8) is 0 Å². The monoisotopic (exact) mass is 306 g/mol. The quantitative estimate of drug-likeness (QED) is 0.569. The maximum absolute atomic E-state index is 4.58. The first-order valence-electron chi connectivity index (χ1n) is 5.37. The third kappa shape index (κ3) is 1.70. The molecule has 0 unspecified atom stereocenters. The lowest BCUT2D eigenvalue weighted by Crippen LogP contribution is -1.89. The average Bonchev–Trinajstić information content (AvgIpc) is 3.10. The number of fused-ring (bicyclic) bond motifs is 1. The Morgan fingerprint density at radius 1 is 1.21 bits per heavy atom. The number of hydrogen-bond donors (Lipinski definition) is 0. The summed E-state index contributed by atoms with van der Waals surface area (Å²) in [5.41, 5.74) is 1.93. The van der Waals surface area contributed by atoms with Gasteiger partial charge in [-0.05, 0) is 29.9 Å². The van der Waals surface area contributed by atoms with Gasteiger partial charge in [0.1, 0.15) is 4.88 Å². The summed E-state index contributed by atoms with van der Waals surface area (Å²) in [6.45, 7) is 1.93. The summed E-state index contributed by atoms with van der Waals surface area (Å²) in [6.07, 6.45) is 0. The Morgan fingerprint density at radius 2 is 2.16 bits per heavy atom. The van der Waals surface area contributed by atoms with Crippen molar-refractivity contribution >= 4 is 39.2 Å². The lowest BCUT2D eigenvalue weighted by atomic mass is 10.3. The van der Waals surface area contributed by atoms with Gasteiger partial charge in [-0.15, -0.1) is 15.3 Å². The van der Waals surface area contributed by atoms with Crippen LogP contribution in [0.25, 0.3) is 26.2 Å². The average molecular weight is 306 g/mol. The molecule has 0 radical (unpaired) electrons. The molecule has 6 nitrogen and oxygen atoms in total. The first-order valence-corrected chi connectivity index (χ1v) is 7.90. The van der Waals surface area contributed by atoms with Crippen molar-refractivity contribution in [2.45, 2.75) is 6.92 Å². The molecule has 0 amide bonds. The SMILES string of the molecule is Cc1nnsc1-c1nn2c(-c3ccsc3)nnc2s1. The zero-order valence-electron chi connectivity index (χ0n) is 9.64. The van der Waals surface area contributed by atoms with Crippen LogP contribution in [0, 0.1) is 6.92 Å². The summed E-state index contributed by atoms with van der Waals surface area (Å²) < 4.78 is 5.72. The molecule has 0 atom stereocenters. The van der Waals surface area contributed by atoms with Gasteiger partial charge >= 0.3 is 0 Å². The molecule has 0 aliphatic carbocycles. The molecule has 0 spiro atoms. The molecule has 4 rings (SSSR count). The Hall–Kier alpha value is -1.71.